The van der Waals surface area contributed by atoms with E-state index in [-0.39, 0.29) is 23.3 Å². The van der Waals surface area contributed by atoms with Gasteiger partial charge in [0.2, 0.25) is 5.91 Å². The van der Waals surface area contributed by atoms with Crippen LogP contribution in [0.5, 0.6) is 5.75 Å². The Balaban J connectivity index is 3.01. The zero-order valence-electron chi connectivity index (χ0n) is 9.89. The Morgan fingerprint density at radius 3 is 2.59 bits per heavy atom. The van der Waals surface area contributed by atoms with Crippen LogP contribution in [0, 0.1) is 16.0 Å². The van der Waals surface area contributed by atoms with Crippen molar-refractivity contribution in [1.82, 2.24) is 0 Å². The first kappa shape index (κ1) is 13.0. The van der Waals surface area contributed by atoms with Crippen LogP contribution >= 0.6 is 0 Å². The van der Waals surface area contributed by atoms with Gasteiger partial charge in [-0.15, -0.1) is 0 Å². The number of anilines is 1. The molecule has 0 aromatic heterocycles. The Bertz CT molecular complexity index is 443. The number of methoxy groups -OCH3 is 1. The lowest BCUT2D eigenvalue weighted by atomic mass is 10.2. The third-order valence-electron chi connectivity index (χ3n) is 2.18. The molecule has 1 aromatic rings. The molecule has 1 N–H and O–H groups in total. The predicted octanol–water partition coefficient (Wildman–Crippen LogP) is 2.20. The monoisotopic (exact) mass is 238 g/mol. The minimum atomic E-state index is -0.517. The van der Waals surface area contributed by atoms with Crippen molar-refractivity contribution < 1.29 is 14.5 Å². The highest BCUT2D eigenvalue weighted by molar-refractivity contribution is 5.93. The number of benzene rings is 1. The van der Waals surface area contributed by atoms with E-state index in [1.807, 2.05) is 0 Å². The molecule has 0 aliphatic rings. The number of nitro groups is 1. The third kappa shape index (κ3) is 3.17. The average molecular weight is 238 g/mol. The van der Waals surface area contributed by atoms with Gasteiger partial charge in [-0.1, -0.05) is 13.8 Å². The van der Waals surface area contributed by atoms with Crippen molar-refractivity contribution in [3.63, 3.8) is 0 Å². The molecule has 1 rings (SSSR count). The number of ether oxygens (including phenoxy) is 1. The third-order valence-corrected chi connectivity index (χ3v) is 2.18. The van der Waals surface area contributed by atoms with Crippen molar-refractivity contribution in [3.8, 4) is 5.75 Å². The molecule has 1 amide bonds. The second-order valence-electron chi connectivity index (χ2n) is 3.79. The Hall–Kier alpha value is -2.11. The SMILES string of the molecule is COc1cc([N+](=O)[O-])ccc1NC(=O)C(C)C. The summed E-state index contributed by atoms with van der Waals surface area (Å²) in [6.07, 6.45) is 0. The summed E-state index contributed by atoms with van der Waals surface area (Å²) in [5, 5.41) is 13.2. The van der Waals surface area contributed by atoms with Crippen LogP contribution < -0.4 is 10.1 Å². The normalized spacial score (nSPS) is 10.1. The first-order valence-electron chi connectivity index (χ1n) is 5.09. The molecule has 0 aliphatic carbocycles. The van der Waals surface area contributed by atoms with E-state index in [2.05, 4.69) is 5.32 Å². The topological polar surface area (TPSA) is 81.5 Å². The molecule has 92 valence electrons. The van der Waals surface area contributed by atoms with Crippen molar-refractivity contribution in [1.29, 1.82) is 0 Å². The summed E-state index contributed by atoms with van der Waals surface area (Å²) in [5.41, 5.74) is 0.348. The fourth-order valence-corrected chi connectivity index (χ4v) is 1.17. The first-order chi connectivity index (χ1) is 7.95. The van der Waals surface area contributed by atoms with Crippen LogP contribution in [0.25, 0.3) is 0 Å². The summed E-state index contributed by atoms with van der Waals surface area (Å²) in [6.45, 7) is 3.51. The van der Waals surface area contributed by atoms with E-state index in [1.54, 1.807) is 13.8 Å². The highest BCUT2D eigenvalue weighted by atomic mass is 16.6. The van der Waals surface area contributed by atoms with E-state index in [1.165, 1.54) is 25.3 Å². The molecule has 17 heavy (non-hydrogen) atoms. The van der Waals surface area contributed by atoms with E-state index in [0.29, 0.717) is 5.69 Å². The maximum atomic E-state index is 11.5. The van der Waals surface area contributed by atoms with Gasteiger partial charge in [-0.25, -0.2) is 0 Å². The Labute approximate surface area is 98.7 Å². The molecule has 0 spiro atoms. The lowest BCUT2D eigenvalue weighted by molar-refractivity contribution is -0.384. The van der Waals surface area contributed by atoms with E-state index in [4.69, 9.17) is 4.74 Å². The molecule has 0 radical (unpaired) electrons. The Morgan fingerprint density at radius 1 is 1.47 bits per heavy atom. The number of hydrogen-bond acceptors (Lipinski definition) is 4. The van der Waals surface area contributed by atoms with Crippen LogP contribution in [0.3, 0.4) is 0 Å². The van der Waals surface area contributed by atoms with Gasteiger partial charge in [0.15, 0.2) is 0 Å². The second-order valence-corrected chi connectivity index (χ2v) is 3.79. The molecular formula is C11H14N2O4. The summed E-state index contributed by atoms with van der Waals surface area (Å²) in [6, 6.07) is 4.05. The van der Waals surface area contributed by atoms with Crippen molar-refractivity contribution >= 4 is 17.3 Å². The summed E-state index contributed by atoms with van der Waals surface area (Å²) in [7, 11) is 1.39. The molecule has 0 bridgehead atoms. The molecule has 1 aromatic carbocycles. The van der Waals surface area contributed by atoms with E-state index >= 15 is 0 Å². The highest BCUT2D eigenvalue weighted by Gasteiger charge is 2.14. The number of carbonyl (C=O) groups excluding carboxylic acids is 1. The summed E-state index contributed by atoms with van der Waals surface area (Å²) in [5.74, 6) is -0.0692. The maximum Gasteiger partial charge on any atom is 0.273 e. The van der Waals surface area contributed by atoms with E-state index in [0.717, 1.165) is 0 Å². The van der Waals surface area contributed by atoms with Crippen LogP contribution in [0.4, 0.5) is 11.4 Å². The van der Waals surface area contributed by atoms with E-state index in [9.17, 15) is 14.9 Å². The van der Waals surface area contributed by atoms with Gasteiger partial charge < -0.3 is 10.1 Å². The predicted molar refractivity (Wildman–Crippen MR) is 63.1 cm³/mol. The minimum Gasteiger partial charge on any atom is -0.494 e. The van der Waals surface area contributed by atoms with Crippen molar-refractivity contribution in [3.05, 3.63) is 28.3 Å². The van der Waals surface area contributed by atoms with Gasteiger partial charge in [-0.05, 0) is 6.07 Å². The number of rotatable bonds is 4. The van der Waals surface area contributed by atoms with Crippen LogP contribution in [-0.4, -0.2) is 17.9 Å². The van der Waals surface area contributed by atoms with Crippen LogP contribution in [0.2, 0.25) is 0 Å². The first-order valence-corrected chi connectivity index (χ1v) is 5.09. The molecule has 0 aliphatic heterocycles. The minimum absolute atomic E-state index is 0.0793. The average Bonchev–Trinajstić information content (AvgIpc) is 2.28. The molecule has 0 unspecified atom stereocenters. The van der Waals surface area contributed by atoms with Gasteiger partial charge in [0.25, 0.3) is 5.69 Å². The molecule has 0 atom stereocenters. The molecule has 0 heterocycles. The molecule has 0 saturated heterocycles. The lowest BCUT2D eigenvalue weighted by Crippen LogP contribution is -2.18. The summed E-state index contributed by atoms with van der Waals surface area (Å²) < 4.78 is 5.00. The number of non-ortho nitro benzene ring substituents is 1. The van der Waals surface area contributed by atoms with Crippen LogP contribution in [0.1, 0.15) is 13.8 Å². The molecule has 0 saturated carbocycles. The molecular weight excluding hydrogens is 224 g/mol. The van der Waals surface area contributed by atoms with Crippen molar-refractivity contribution in [2.75, 3.05) is 12.4 Å². The maximum absolute atomic E-state index is 11.5. The quantitative estimate of drug-likeness (QED) is 0.644. The number of nitrogens with one attached hydrogen (secondary N) is 1. The zero-order valence-corrected chi connectivity index (χ0v) is 9.89. The van der Waals surface area contributed by atoms with Gasteiger partial charge in [0.1, 0.15) is 5.75 Å². The molecule has 0 fully saturated rings. The smallest absolute Gasteiger partial charge is 0.273 e. The number of hydrogen-bond donors (Lipinski definition) is 1. The number of amides is 1. The largest absolute Gasteiger partial charge is 0.494 e. The van der Waals surface area contributed by atoms with Crippen LogP contribution in [-0.2, 0) is 4.79 Å². The van der Waals surface area contributed by atoms with Gasteiger partial charge >= 0.3 is 0 Å². The van der Waals surface area contributed by atoms with Gasteiger partial charge in [0.05, 0.1) is 23.8 Å². The summed E-state index contributed by atoms with van der Waals surface area (Å²) in [4.78, 5) is 21.6. The number of nitro benzene ring substituents is 1. The zero-order chi connectivity index (χ0) is 13.0. The number of carbonyl (C=O) groups is 1. The van der Waals surface area contributed by atoms with Gasteiger partial charge in [-0.2, -0.15) is 0 Å². The lowest BCUT2D eigenvalue weighted by Gasteiger charge is -2.11. The highest BCUT2D eigenvalue weighted by Crippen LogP contribution is 2.29. The van der Waals surface area contributed by atoms with Crippen molar-refractivity contribution in [2.45, 2.75) is 13.8 Å². The van der Waals surface area contributed by atoms with Crippen molar-refractivity contribution in [2.24, 2.45) is 5.92 Å². The second kappa shape index (κ2) is 5.29. The van der Waals surface area contributed by atoms with Crippen LogP contribution in [0.15, 0.2) is 18.2 Å². The van der Waals surface area contributed by atoms with E-state index < -0.39 is 4.92 Å². The Morgan fingerprint density at radius 2 is 2.12 bits per heavy atom. The fraction of sp³-hybridized carbons (Fsp3) is 0.364. The standard InChI is InChI=1S/C11H14N2O4/c1-7(2)11(14)12-9-5-4-8(13(15)16)6-10(9)17-3/h4-7H,1-3H3,(H,12,14). The molecule has 6 heteroatoms. The van der Waals surface area contributed by atoms with Gasteiger partial charge in [0, 0.05) is 12.0 Å². The summed E-state index contributed by atoms with van der Waals surface area (Å²) >= 11 is 0. The van der Waals surface area contributed by atoms with Gasteiger partial charge in [-0.3, -0.25) is 14.9 Å². The Kier molecular flexibility index (Phi) is 4.03. The molecule has 6 nitrogen and oxygen atoms in total. The number of nitrogens with zero attached hydrogens (tertiary/aromatic N) is 1. The fourth-order valence-electron chi connectivity index (χ4n) is 1.17.